The Morgan fingerprint density at radius 3 is 2.80 bits per heavy atom. The lowest BCUT2D eigenvalue weighted by molar-refractivity contribution is 0.419. The van der Waals surface area contributed by atoms with E-state index < -0.39 is 0 Å². The predicted molar refractivity (Wildman–Crippen MR) is 86.8 cm³/mol. The lowest BCUT2D eigenvalue weighted by atomic mass is 9.99. The molecule has 0 fully saturated rings. The molecule has 0 radical (unpaired) electrons. The van der Waals surface area contributed by atoms with Gasteiger partial charge in [-0.2, -0.15) is 0 Å². The molecule has 0 bridgehead atoms. The Bertz CT molecular complexity index is 516. The third kappa shape index (κ3) is 4.04. The molecule has 0 amide bonds. The van der Waals surface area contributed by atoms with E-state index in [1.54, 1.807) is 0 Å². The molecule has 2 aromatic rings. The zero-order valence-electron chi connectivity index (χ0n) is 12.7. The van der Waals surface area contributed by atoms with Crippen LogP contribution in [-0.2, 0) is 6.54 Å². The molecule has 0 spiro atoms. The molecule has 1 heterocycles. The second kappa shape index (κ2) is 8.01. The highest BCUT2D eigenvalue weighted by Gasteiger charge is 2.06. The third-order valence-electron chi connectivity index (χ3n) is 4.01. The molecule has 2 rings (SSSR count). The van der Waals surface area contributed by atoms with E-state index in [4.69, 9.17) is 0 Å². The molecule has 1 atom stereocenters. The zero-order chi connectivity index (χ0) is 14.2. The summed E-state index contributed by atoms with van der Waals surface area (Å²) in [6.45, 7) is 6.58. The van der Waals surface area contributed by atoms with E-state index in [1.807, 2.05) is 12.3 Å². The van der Waals surface area contributed by atoms with Crippen LogP contribution in [0, 0.1) is 5.92 Å². The van der Waals surface area contributed by atoms with Gasteiger partial charge < -0.3 is 5.32 Å². The summed E-state index contributed by atoms with van der Waals surface area (Å²) in [7, 11) is 0. The molecule has 1 N–H and O–H groups in total. The summed E-state index contributed by atoms with van der Waals surface area (Å²) >= 11 is 0. The molecule has 1 aromatic heterocycles. The van der Waals surface area contributed by atoms with Gasteiger partial charge in [-0.05, 0) is 30.5 Å². The second-order valence-electron chi connectivity index (χ2n) is 5.54. The lowest BCUT2D eigenvalue weighted by Crippen LogP contribution is -2.22. The van der Waals surface area contributed by atoms with E-state index in [9.17, 15) is 0 Å². The summed E-state index contributed by atoms with van der Waals surface area (Å²) in [5.41, 5.74) is 2.43. The van der Waals surface area contributed by atoms with E-state index in [0.717, 1.165) is 24.5 Å². The van der Waals surface area contributed by atoms with Gasteiger partial charge in [-0.3, -0.25) is 4.98 Å². The first-order valence-electron chi connectivity index (χ1n) is 7.88. The van der Waals surface area contributed by atoms with E-state index in [-0.39, 0.29) is 0 Å². The minimum absolute atomic E-state index is 0.804. The van der Waals surface area contributed by atoms with E-state index >= 15 is 0 Å². The van der Waals surface area contributed by atoms with Crippen molar-refractivity contribution in [2.45, 2.75) is 46.1 Å². The van der Waals surface area contributed by atoms with Gasteiger partial charge in [-0.15, -0.1) is 0 Å². The fourth-order valence-electron chi connectivity index (χ4n) is 2.66. The van der Waals surface area contributed by atoms with Crippen molar-refractivity contribution in [2.75, 3.05) is 6.54 Å². The Hall–Kier alpha value is -1.41. The maximum atomic E-state index is 4.51. The van der Waals surface area contributed by atoms with Crippen LogP contribution in [0.1, 0.15) is 45.1 Å². The van der Waals surface area contributed by atoms with Crippen LogP contribution in [0.2, 0.25) is 0 Å². The SMILES string of the molecule is CCCCC(CC)CNCc1cccc2cccnc12. The Labute approximate surface area is 122 Å². The summed E-state index contributed by atoms with van der Waals surface area (Å²) in [6, 6.07) is 10.5. The van der Waals surface area contributed by atoms with Crippen LogP contribution in [0.5, 0.6) is 0 Å². The van der Waals surface area contributed by atoms with Crippen molar-refractivity contribution in [2.24, 2.45) is 5.92 Å². The monoisotopic (exact) mass is 270 g/mol. The topological polar surface area (TPSA) is 24.9 Å². The molecule has 108 valence electrons. The minimum atomic E-state index is 0.804. The van der Waals surface area contributed by atoms with Crippen molar-refractivity contribution >= 4 is 10.9 Å². The first-order chi connectivity index (χ1) is 9.85. The molecule has 0 aliphatic heterocycles. The fourth-order valence-corrected chi connectivity index (χ4v) is 2.66. The number of nitrogens with zero attached hydrogens (tertiary/aromatic N) is 1. The zero-order valence-corrected chi connectivity index (χ0v) is 12.7. The largest absolute Gasteiger partial charge is 0.312 e. The second-order valence-corrected chi connectivity index (χ2v) is 5.54. The van der Waals surface area contributed by atoms with Crippen molar-refractivity contribution in [3.63, 3.8) is 0 Å². The van der Waals surface area contributed by atoms with Gasteiger partial charge in [0.2, 0.25) is 0 Å². The van der Waals surface area contributed by atoms with Gasteiger partial charge in [-0.1, -0.05) is 57.4 Å². The van der Waals surface area contributed by atoms with Crippen LogP contribution in [-0.4, -0.2) is 11.5 Å². The van der Waals surface area contributed by atoms with Gasteiger partial charge in [0.05, 0.1) is 5.52 Å². The molecule has 0 aliphatic rings. The average molecular weight is 270 g/mol. The maximum Gasteiger partial charge on any atom is 0.0746 e. The van der Waals surface area contributed by atoms with Gasteiger partial charge in [0, 0.05) is 18.1 Å². The number of unbranched alkanes of at least 4 members (excludes halogenated alkanes) is 1. The number of para-hydroxylation sites is 1. The van der Waals surface area contributed by atoms with E-state index in [2.05, 4.69) is 48.4 Å². The van der Waals surface area contributed by atoms with Gasteiger partial charge in [0.15, 0.2) is 0 Å². The molecule has 0 saturated carbocycles. The Balaban J connectivity index is 1.92. The van der Waals surface area contributed by atoms with Crippen molar-refractivity contribution in [1.82, 2.24) is 10.3 Å². The van der Waals surface area contributed by atoms with Gasteiger partial charge in [0.1, 0.15) is 0 Å². The van der Waals surface area contributed by atoms with Crippen LogP contribution in [0.4, 0.5) is 0 Å². The van der Waals surface area contributed by atoms with Crippen molar-refractivity contribution < 1.29 is 0 Å². The molecule has 20 heavy (non-hydrogen) atoms. The first kappa shape index (κ1) is 15.0. The Morgan fingerprint density at radius 2 is 2.00 bits per heavy atom. The van der Waals surface area contributed by atoms with Gasteiger partial charge in [0.25, 0.3) is 0 Å². The molecular weight excluding hydrogens is 244 g/mol. The van der Waals surface area contributed by atoms with Crippen LogP contribution in [0.15, 0.2) is 36.5 Å². The molecule has 0 aliphatic carbocycles. The first-order valence-corrected chi connectivity index (χ1v) is 7.88. The quantitative estimate of drug-likeness (QED) is 0.761. The fraction of sp³-hybridized carbons (Fsp3) is 0.500. The van der Waals surface area contributed by atoms with E-state index in [0.29, 0.717) is 0 Å². The number of rotatable bonds is 8. The Morgan fingerprint density at radius 1 is 1.15 bits per heavy atom. The highest BCUT2D eigenvalue weighted by atomic mass is 14.9. The number of nitrogens with one attached hydrogen (secondary N) is 1. The summed E-state index contributed by atoms with van der Waals surface area (Å²) < 4.78 is 0. The van der Waals surface area contributed by atoms with Crippen LogP contribution >= 0.6 is 0 Å². The molecule has 0 saturated heterocycles. The van der Waals surface area contributed by atoms with Crippen molar-refractivity contribution in [3.05, 3.63) is 42.1 Å². The minimum Gasteiger partial charge on any atom is -0.312 e. The number of hydrogen-bond acceptors (Lipinski definition) is 2. The summed E-state index contributed by atoms with van der Waals surface area (Å²) in [4.78, 5) is 4.51. The molecular formula is C18H26N2. The Kier molecular flexibility index (Phi) is 6.00. The van der Waals surface area contributed by atoms with E-state index in [1.165, 1.54) is 36.6 Å². The number of fused-ring (bicyclic) bond motifs is 1. The van der Waals surface area contributed by atoms with Crippen LogP contribution in [0.3, 0.4) is 0 Å². The number of aromatic nitrogens is 1. The smallest absolute Gasteiger partial charge is 0.0746 e. The van der Waals surface area contributed by atoms with Crippen molar-refractivity contribution in [1.29, 1.82) is 0 Å². The number of hydrogen-bond donors (Lipinski definition) is 1. The van der Waals surface area contributed by atoms with Gasteiger partial charge in [-0.25, -0.2) is 0 Å². The molecule has 2 nitrogen and oxygen atoms in total. The third-order valence-corrected chi connectivity index (χ3v) is 4.01. The maximum absolute atomic E-state index is 4.51. The predicted octanol–water partition coefficient (Wildman–Crippen LogP) is 4.54. The standard InChI is InChI=1S/C18H26N2/c1-3-5-8-15(4-2)13-19-14-17-10-6-9-16-11-7-12-20-18(16)17/h6-7,9-12,15,19H,3-5,8,13-14H2,1-2H3. The number of benzene rings is 1. The normalized spacial score (nSPS) is 12.7. The van der Waals surface area contributed by atoms with Crippen LogP contribution < -0.4 is 5.32 Å². The summed E-state index contributed by atoms with van der Waals surface area (Å²) in [5.74, 6) is 0.804. The molecule has 1 unspecified atom stereocenters. The number of pyridine rings is 1. The van der Waals surface area contributed by atoms with Crippen molar-refractivity contribution in [3.8, 4) is 0 Å². The summed E-state index contributed by atoms with van der Waals surface area (Å²) in [5, 5.41) is 4.84. The average Bonchev–Trinajstić information content (AvgIpc) is 2.51. The highest BCUT2D eigenvalue weighted by Crippen LogP contribution is 2.16. The van der Waals surface area contributed by atoms with Crippen LogP contribution in [0.25, 0.3) is 10.9 Å². The van der Waals surface area contributed by atoms with Gasteiger partial charge >= 0.3 is 0 Å². The summed E-state index contributed by atoms with van der Waals surface area (Å²) in [6.07, 6.45) is 7.12. The molecule has 2 heteroatoms. The lowest BCUT2D eigenvalue weighted by Gasteiger charge is -2.15. The highest BCUT2D eigenvalue weighted by molar-refractivity contribution is 5.81. The molecule has 1 aromatic carbocycles.